The van der Waals surface area contributed by atoms with Crippen molar-refractivity contribution in [3.05, 3.63) is 102 Å². The molecule has 148 valence electrons. The van der Waals surface area contributed by atoms with Crippen molar-refractivity contribution in [1.29, 1.82) is 0 Å². The number of benzene rings is 2. The fourth-order valence-electron chi connectivity index (χ4n) is 3.80. The minimum atomic E-state index is 0.585. The maximum absolute atomic E-state index is 4.85. The van der Waals surface area contributed by atoms with Crippen LogP contribution in [0.2, 0.25) is 0 Å². The number of nitrogens with zero attached hydrogens (tertiary/aromatic N) is 4. The van der Waals surface area contributed by atoms with Crippen molar-refractivity contribution in [1.82, 2.24) is 15.0 Å². The van der Waals surface area contributed by atoms with Crippen molar-refractivity contribution in [2.45, 2.75) is 19.5 Å². The molecule has 2 aromatic carbocycles. The molecule has 3 heterocycles. The number of hydrogen-bond acceptors (Lipinski definition) is 5. The van der Waals surface area contributed by atoms with Gasteiger partial charge in [-0.05, 0) is 29.7 Å². The van der Waals surface area contributed by atoms with Crippen molar-refractivity contribution in [2.24, 2.45) is 0 Å². The van der Waals surface area contributed by atoms with Crippen molar-refractivity contribution in [3.63, 3.8) is 0 Å². The molecule has 2 aromatic heterocycles. The standard InChI is InChI=1S/C25H23N5/c1-2-9-20(10-3-1)23-16-24(30-15-13-19-8-4-5-11-21(19)18-30)29-25(28-23)27-17-22-12-6-7-14-26-22/h1-12,14,16H,13,15,17-18H2,(H,27,28,29). The zero-order valence-electron chi connectivity index (χ0n) is 16.7. The van der Waals surface area contributed by atoms with Crippen LogP contribution in [-0.2, 0) is 19.5 Å². The number of hydrogen-bond donors (Lipinski definition) is 1. The third-order valence-electron chi connectivity index (χ3n) is 5.39. The van der Waals surface area contributed by atoms with Crippen LogP contribution in [0, 0.1) is 0 Å². The molecule has 1 aliphatic rings. The number of anilines is 2. The zero-order chi connectivity index (χ0) is 20.2. The van der Waals surface area contributed by atoms with Gasteiger partial charge in [-0.3, -0.25) is 4.98 Å². The van der Waals surface area contributed by atoms with Gasteiger partial charge in [0.2, 0.25) is 5.95 Å². The second-order valence-electron chi connectivity index (χ2n) is 7.42. The van der Waals surface area contributed by atoms with E-state index < -0.39 is 0 Å². The first-order valence-electron chi connectivity index (χ1n) is 10.3. The highest BCUT2D eigenvalue weighted by Crippen LogP contribution is 2.27. The molecule has 0 aliphatic carbocycles. The van der Waals surface area contributed by atoms with Crippen LogP contribution in [0.3, 0.4) is 0 Å². The summed E-state index contributed by atoms with van der Waals surface area (Å²) in [5, 5.41) is 3.36. The van der Waals surface area contributed by atoms with Crippen molar-refractivity contribution >= 4 is 11.8 Å². The fraction of sp³-hybridized carbons (Fsp3) is 0.160. The summed E-state index contributed by atoms with van der Waals surface area (Å²) in [4.78, 5) is 16.3. The summed E-state index contributed by atoms with van der Waals surface area (Å²) in [6, 6.07) is 26.9. The van der Waals surface area contributed by atoms with Gasteiger partial charge < -0.3 is 10.2 Å². The average Bonchev–Trinajstić information content (AvgIpc) is 2.83. The first-order valence-corrected chi connectivity index (χ1v) is 10.3. The Hall–Kier alpha value is -3.73. The summed E-state index contributed by atoms with van der Waals surface area (Å²) >= 11 is 0. The Kier molecular flexibility index (Phi) is 5.08. The Bertz CT molecular complexity index is 1130. The molecule has 0 amide bonds. The molecule has 5 nitrogen and oxygen atoms in total. The van der Waals surface area contributed by atoms with Gasteiger partial charge in [0.05, 0.1) is 17.9 Å². The molecule has 0 radical (unpaired) electrons. The number of pyridine rings is 1. The van der Waals surface area contributed by atoms with Gasteiger partial charge in [0.25, 0.3) is 0 Å². The lowest BCUT2D eigenvalue weighted by Crippen LogP contribution is -2.31. The van der Waals surface area contributed by atoms with Crippen LogP contribution < -0.4 is 10.2 Å². The Labute approximate surface area is 176 Å². The predicted octanol–water partition coefficient (Wildman–Crippen LogP) is 4.71. The molecule has 1 aliphatic heterocycles. The molecule has 4 aromatic rings. The van der Waals surface area contributed by atoms with Crippen LogP contribution in [0.4, 0.5) is 11.8 Å². The molecule has 5 rings (SSSR count). The van der Waals surface area contributed by atoms with Gasteiger partial charge in [-0.25, -0.2) is 4.98 Å². The number of aromatic nitrogens is 3. The van der Waals surface area contributed by atoms with Gasteiger partial charge in [0, 0.05) is 30.9 Å². The van der Waals surface area contributed by atoms with Crippen molar-refractivity contribution in [2.75, 3.05) is 16.8 Å². The third-order valence-corrected chi connectivity index (χ3v) is 5.39. The highest BCUT2D eigenvalue weighted by atomic mass is 15.2. The normalized spacial score (nSPS) is 13.0. The van der Waals surface area contributed by atoms with Gasteiger partial charge in [-0.1, -0.05) is 60.7 Å². The van der Waals surface area contributed by atoms with Crippen LogP contribution in [0.15, 0.2) is 85.1 Å². The maximum atomic E-state index is 4.85. The summed E-state index contributed by atoms with van der Waals surface area (Å²) in [5.74, 6) is 1.57. The van der Waals surface area contributed by atoms with Gasteiger partial charge in [-0.15, -0.1) is 0 Å². The summed E-state index contributed by atoms with van der Waals surface area (Å²) < 4.78 is 0. The van der Waals surface area contributed by atoms with Crippen LogP contribution in [0.25, 0.3) is 11.3 Å². The molecule has 0 bridgehead atoms. The molecule has 0 fully saturated rings. The van der Waals surface area contributed by atoms with Crippen LogP contribution in [0.1, 0.15) is 16.8 Å². The molecule has 1 N–H and O–H groups in total. The first-order chi connectivity index (χ1) is 14.8. The minimum Gasteiger partial charge on any atom is -0.352 e. The summed E-state index contributed by atoms with van der Waals surface area (Å²) in [6.45, 7) is 2.39. The molecular weight excluding hydrogens is 370 g/mol. The summed E-state index contributed by atoms with van der Waals surface area (Å²) in [6.07, 6.45) is 2.83. The van der Waals surface area contributed by atoms with Crippen LogP contribution in [-0.4, -0.2) is 21.5 Å². The molecule has 0 saturated carbocycles. The lowest BCUT2D eigenvalue weighted by molar-refractivity contribution is 0.720. The highest BCUT2D eigenvalue weighted by molar-refractivity contribution is 5.65. The molecule has 30 heavy (non-hydrogen) atoms. The predicted molar refractivity (Wildman–Crippen MR) is 120 cm³/mol. The lowest BCUT2D eigenvalue weighted by atomic mass is 10.00. The molecule has 0 atom stereocenters. The third kappa shape index (κ3) is 4.01. The SMILES string of the molecule is c1ccc(-c2cc(N3CCc4ccccc4C3)nc(NCc3ccccn3)n2)cc1. The van der Waals surface area contributed by atoms with Gasteiger partial charge in [0.1, 0.15) is 5.82 Å². The minimum absolute atomic E-state index is 0.585. The largest absolute Gasteiger partial charge is 0.352 e. The van der Waals surface area contributed by atoms with E-state index in [4.69, 9.17) is 9.97 Å². The van der Waals surface area contributed by atoms with E-state index in [-0.39, 0.29) is 0 Å². The van der Waals surface area contributed by atoms with E-state index >= 15 is 0 Å². The first kappa shape index (κ1) is 18.3. The molecule has 0 unspecified atom stereocenters. The second kappa shape index (κ2) is 8.33. The summed E-state index contributed by atoms with van der Waals surface area (Å²) in [7, 11) is 0. The monoisotopic (exact) mass is 393 g/mol. The number of nitrogens with one attached hydrogen (secondary N) is 1. The van der Waals surface area contributed by atoms with E-state index in [2.05, 4.69) is 57.7 Å². The smallest absolute Gasteiger partial charge is 0.225 e. The van der Waals surface area contributed by atoms with E-state index in [1.54, 1.807) is 6.20 Å². The quantitative estimate of drug-likeness (QED) is 0.532. The average molecular weight is 393 g/mol. The Morgan fingerprint density at radius 1 is 0.833 bits per heavy atom. The fourth-order valence-corrected chi connectivity index (χ4v) is 3.80. The van der Waals surface area contributed by atoms with E-state index in [1.165, 1.54) is 11.1 Å². The van der Waals surface area contributed by atoms with E-state index in [9.17, 15) is 0 Å². The topological polar surface area (TPSA) is 53.9 Å². The van der Waals surface area contributed by atoms with E-state index in [1.807, 2.05) is 36.4 Å². The number of rotatable bonds is 5. The maximum Gasteiger partial charge on any atom is 0.225 e. The van der Waals surface area contributed by atoms with E-state index in [0.29, 0.717) is 12.5 Å². The summed E-state index contributed by atoms with van der Waals surface area (Å²) in [5.41, 5.74) is 5.76. The van der Waals surface area contributed by atoms with Crippen LogP contribution in [0.5, 0.6) is 0 Å². The van der Waals surface area contributed by atoms with Crippen molar-refractivity contribution in [3.8, 4) is 11.3 Å². The van der Waals surface area contributed by atoms with Gasteiger partial charge >= 0.3 is 0 Å². The Balaban J connectivity index is 1.47. The van der Waals surface area contributed by atoms with Gasteiger partial charge in [-0.2, -0.15) is 4.98 Å². The highest BCUT2D eigenvalue weighted by Gasteiger charge is 2.19. The molecule has 0 saturated heterocycles. The zero-order valence-corrected chi connectivity index (χ0v) is 16.7. The number of fused-ring (bicyclic) bond motifs is 1. The Morgan fingerprint density at radius 3 is 2.47 bits per heavy atom. The molecule has 5 heteroatoms. The van der Waals surface area contributed by atoms with E-state index in [0.717, 1.165) is 42.3 Å². The van der Waals surface area contributed by atoms with Crippen LogP contribution >= 0.6 is 0 Å². The molecule has 0 spiro atoms. The van der Waals surface area contributed by atoms with Crippen molar-refractivity contribution < 1.29 is 0 Å². The molecular formula is C25H23N5. The second-order valence-corrected chi connectivity index (χ2v) is 7.42. The lowest BCUT2D eigenvalue weighted by Gasteiger charge is -2.30. The Morgan fingerprint density at radius 2 is 1.63 bits per heavy atom. The van der Waals surface area contributed by atoms with Gasteiger partial charge in [0.15, 0.2) is 0 Å².